The second-order valence-corrected chi connectivity index (χ2v) is 3.97. The van der Waals surface area contributed by atoms with Gasteiger partial charge in [0.2, 0.25) is 0 Å². The summed E-state index contributed by atoms with van der Waals surface area (Å²) in [5.74, 6) is 0.966. The Hall–Kier alpha value is -0.330. The minimum atomic E-state index is 0.437. The molecule has 0 atom stereocenters. The molecule has 1 nitrogen and oxygen atoms in total. The first-order valence-corrected chi connectivity index (χ1v) is 4.20. The van der Waals surface area contributed by atoms with Crippen molar-refractivity contribution in [1.82, 2.24) is 0 Å². The number of hydrogen-bond donors (Lipinski definition) is 0. The van der Waals surface area contributed by atoms with Gasteiger partial charge in [-0.2, -0.15) is 0 Å². The quantitative estimate of drug-likeness (QED) is 0.569. The molecule has 0 aromatic carbocycles. The van der Waals surface area contributed by atoms with Crippen LogP contribution in [0.2, 0.25) is 0 Å². The first-order chi connectivity index (χ1) is 4.85. The maximum atomic E-state index is 10.2. The van der Waals surface area contributed by atoms with Crippen LogP contribution in [0.3, 0.4) is 0 Å². The Kier molecular flexibility index (Phi) is 1.33. The van der Waals surface area contributed by atoms with Gasteiger partial charge in [-0.3, -0.25) is 4.79 Å². The molecule has 55 valence electrons. The normalized spacial score (nSPS) is 44.2. The molecule has 0 aromatic rings. The average Bonchev–Trinajstić information content (AvgIpc) is 2.46. The van der Waals surface area contributed by atoms with Crippen LogP contribution in [0.5, 0.6) is 0 Å². The Morgan fingerprint density at radius 3 is 2.50 bits per heavy atom. The zero-order chi connectivity index (χ0) is 7.03. The third kappa shape index (κ3) is 0.799. The number of hydrogen-bond acceptors (Lipinski definition) is 1. The van der Waals surface area contributed by atoms with E-state index in [2.05, 4.69) is 6.29 Å². The SMILES string of the molecule is O=[C]CC12CCC(CC1)C2. The summed E-state index contributed by atoms with van der Waals surface area (Å²) in [6.45, 7) is 0. The van der Waals surface area contributed by atoms with Gasteiger partial charge in [-0.25, -0.2) is 0 Å². The van der Waals surface area contributed by atoms with Crippen molar-refractivity contribution >= 4 is 6.29 Å². The molecule has 2 aliphatic carbocycles. The van der Waals surface area contributed by atoms with Crippen molar-refractivity contribution in [3.8, 4) is 0 Å². The average molecular weight is 137 g/mol. The zero-order valence-electron chi connectivity index (χ0n) is 6.23. The molecule has 2 bridgehead atoms. The van der Waals surface area contributed by atoms with Gasteiger partial charge in [0.15, 0.2) is 6.29 Å². The van der Waals surface area contributed by atoms with Gasteiger partial charge >= 0.3 is 0 Å². The van der Waals surface area contributed by atoms with E-state index in [4.69, 9.17) is 0 Å². The highest BCUT2D eigenvalue weighted by molar-refractivity contribution is 5.52. The summed E-state index contributed by atoms with van der Waals surface area (Å²) in [6, 6.07) is 0. The van der Waals surface area contributed by atoms with Crippen LogP contribution in [0.25, 0.3) is 0 Å². The Labute approximate surface area is 61.8 Å². The lowest BCUT2D eigenvalue weighted by molar-refractivity contribution is 0.303. The van der Waals surface area contributed by atoms with Gasteiger partial charge in [0.05, 0.1) is 0 Å². The van der Waals surface area contributed by atoms with Crippen LogP contribution in [0.15, 0.2) is 0 Å². The summed E-state index contributed by atoms with van der Waals surface area (Å²) in [4.78, 5) is 10.2. The molecule has 0 heterocycles. The van der Waals surface area contributed by atoms with Gasteiger partial charge in [0.1, 0.15) is 0 Å². The molecule has 0 unspecified atom stereocenters. The fourth-order valence-corrected chi connectivity index (χ4v) is 2.71. The molecule has 2 aliphatic rings. The van der Waals surface area contributed by atoms with E-state index in [0.717, 1.165) is 5.92 Å². The summed E-state index contributed by atoms with van der Waals surface area (Å²) >= 11 is 0. The van der Waals surface area contributed by atoms with Crippen molar-refractivity contribution in [2.45, 2.75) is 38.5 Å². The molecule has 0 N–H and O–H groups in total. The van der Waals surface area contributed by atoms with Gasteiger partial charge in [0, 0.05) is 6.42 Å². The lowest BCUT2D eigenvalue weighted by atomic mass is 9.82. The molecule has 0 amide bonds. The Morgan fingerprint density at radius 2 is 2.10 bits per heavy atom. The standard InChI is InChI=1S/C9H13O/c10-6-5-9-3-1-8(7-9)2-4-9/h8H,1-5,7H2. The lowest BCUT2D eigenvalue weighted by Gasteiger charge is -2.22. The second kappa shape index (κ2) is 2.08. The van der Waals surface area contributed by atoms with E-state index in [1.54, 1.807) is 0 Å². The van der Waals surface area contributed by atoms with E-state index in [1.807, 2.05) is 0 Å². The lowest BCUT2D eigenvalue weighted by Crippen LogP contribution is -2.13. The topological polar surface area (TPSA) is 17.1 Å². The molecule has 10 heavy (non-hydrogen) atoms. The van der Waals surface area contributed by atoms with Crippen LogP contribution in [0, 0.1) is 11.3 Å². The van der Waals surface area contributed by atoms with E-state index in [0.29, 0.717) is 11.8 Å². The van der Waals surface area contributed by atoms with Crippen molar-refractivity contribution in [1.29, 1.82) is 0 Å². The predicted octanol–water partition coefficient (Wildman–Crippen LogP) is 2.07. The van der Waals surface area contributed by atoms with Crippen LogP contribution in [-0.2, 0) is 4.79 Å². The van der Waals surface area contributed by atoms with E-state index in [1.165, 1.54) is 32.1 Å². The highest BCUT2D eigenvalue weighted by Crippen LogP contribution is 2.55. The van der Waals surface area contributed by atoms with E-state index >= 15 is 0 Å². The van der Waals surface area contributed by atoms with Crippen LogP contribution in [0.4, 0.5) is 0 Å². The first kappa shape index (κ1) is 6.38. The summed E-state index contributed by atoms with van der Waals surface area (Å²) in [5.41, 5.74) is 0.437. The fourth-order valence-electron chi connectivity index (χ4n) is 2.71. The van der Waals surface area contributed by atoms with Gasteiger partial charge in [0.25, 0.3) is 0 Å². The third-order valence-electron chi connectivity index (χ3n) is 3.33. The van der Waals surface area contributed by atoms with Gasteiger partial charge in [-0.05, 0) is 43.4 Å². The molecule has 0 spiro atoms. The van der Waals surface area contributed by atoms with Gasteiger partial charge < -0.3 is 0 Å². The Morgan fingerprint density at radius 1 is 1.40 bits per heavy atom. The van der Waals surface area contributed by atoms with Crippen molar-refractivity contribution in [2.75, 3.05) is 0 Å². The highest BCUT2D eigenvalue weighted by atomic mass is 16.1. The van der Waals surface area contributed by atoms with Gasteiger partial charge in [-0.15, -0.1) is 0 Å². The minimum absolute atomic E-state index is 0.437. The van der Waals surface area contributed by atoms with Crippen LogP contribution in [-0.4, -0.2) is 6.29 Å². The van der Waals surface area contributed by atoms with Crippen molar-refractivity contribution < 1.29 is 4.79 Å². The molecule has 2 saturated carbocycles. The molecule has 1 heteroatoms. The summed E-state index contributed by atoms with van der Waals surface area (Å²) in [7, 11) is 0. The summed E-state index contributed by atoms with van der Waals surface area (Å²) in [5, 5.41) is 0. The third-order valence-corrected chi connectivity index (χ3v) is 3.33. The van der Waals surface area contributed by atoms with Crippen LogP contribution < -0.4 is 0 Å². The maximum absolute atomic E-state index is 10.2. The number of carbonyl (C=O) groups excluding carboxylic acids is 1. The Bertz CT molecular complexity index is 143. The molecule has 1 radical (unpaired) electrons. The van der Waals surface area contributed by atoms with Crippen molar-refractivity contribution in [3.05, 3.63) is 0 Å². The number of rotatable bonds is 2. The highest BCUT2D eigenvalue weighted by Gasteiger charge is 2.44. The Balaban J connectivity index is 2.07. The second-order valence-electron chi connectivity index (χ2n) is 3.97. The minimum Gasteiger partial charge on any atom is -0.291 e. The molecule has 0 aromatic heterocycles. The van der Waals surface area contributed by atoms with Crippen LogP contribution >= 0.6 is 0 Å². The largest absolute Gasteiger partial charge is 0.291 e. The van der Waals surface area contributed by atoms with E-state index in [-0.39, 0.29) is 0 Å². The molecule has 2 fully saturated rings. The predicted molar refractivity (Wildman–Crippen MR) is 39.3 cm³/mol. The fraction of sp³-hybridized carbons (Fsp3) is 0.889. The first-order valence-electron chi connectivity index (χ1n) is 4.20. The molecular weight excluding hydrogens is 124 g/mol. The maximum Gasteiger partial charge on any atom is 0.198 e. The smallest absolute Gasteiger partial charge is 0.198 e. The molecular formula is C9H13O. The molecule has 2 rings (SSSR count). The zero-order valence-corrected chi connectivity index (χ0v) is 6.23. The van der Waals surface area contributed by atoms with E-state index in [9.17, 15) is 4.79 Å². The summed E-state index contributed by atoms with van der Waals surface area (Å²) < 4.78 is 0. The number of fused-ring (bicyclic) bond motifs is 2. The van der Waals surface area contributed by atoms with E-state index < -0.39 is 0 Å². The van der Waals surface area contributed by atoms with Crippen molar-refractivity contribution in [3.63, 3.8) is 0 Å². The monoisotopic (exact) mass is 137 g/mol. The van der Waals surface area contributed by atoms with Gasteiger partial charge in [-0.1, -0.05) is 0 Å². The molecule has 0 aliphatic heterocycles. The molecule has 0 saturated heterocycles. The summed E-state index contributed by atoms with van der Waals surface area (Å²) in [6.07, 6.45) is 9.46. The van der Waals surface area contributed by atoms with Crippen LogP contribution in [0.1, 0.15) is 38.5 Å². The van der Waals surface area contributed by atoms with Crippen molar-refractivity contribution in [2.24, 2.45) is 11.3 Å².